The van der Waals surface area contributed by atoms with Crippen molar-refractivity contribution < 1.29 is 31.4 Å². The van der Waals surface area contributed by atoms with Gasteiger partial charge in [-0.25, -0.2) is 23.5 Å². The van der Waals surface area contributed by atoms with Gasteiger partial charge < -0.3 is 19.4 Å². The average Bonchev–Trinajstić information content (AvgIpc) is 3.37. The SMILES string of the molecule is COc1cc(N2CC(Oc3cc4c(cn3)cnn4CC(F)(F)F)C(F)(F)C2)cc(-c2c[nH]c(=O)[nH]c2=O)n1. The molecular formula is C22H18F5N7O4. The highest BCUT2D eigenvalue weighted by molar-refractivity contribution is 5.78. The van der Waals surface area contributed by atoms with E-state index in [1.807, 2.05) is 0 Å². The summed E-state index contributed by atoms with van der Waals surface area (Å²) in [5.41, 5.74) is -1.16. The van der Waals surface area contributed by atoms with E-state index in [-0.39, 0.29) is 46.2 Å². The van der Waals surface area contributed by atoms with Gasteiger partial charge in [0.05, 0.1) is 43.2 Å². The Balaban J connectivity index is 1.42. The number of ether oxygens (including phenoxy) is 2. The van der Waals surface area contributed by atoms with E-state index in [4.69, 9.17) is 9.47 Å². The molecule has 1 unspecified atom stereocenters. The van der Waals surface area contributed by atoms with Gasteiger partial charge in [0, 0.05) is 35.6 Å². The molecule has 0 spiro atoms. The van der Waals surface area contributed by atoms with Crippen molar-refractivity contribution in [2.75, 3.05) is 25.1 Å². The third-order valence-electron chi connectivity index (χ3n) is 5.81. The molecule has 1 aliphatic heterocycles. The second kappa shape index (κ2) is 9.11. The smallest absolute Gasteiger partial charge is 0.408 e. The molecule has 5 rings (SSSR count). The Bertz CT molecular complexity index is 1610. The first-order chi connectivity index (χ1) is 17.9. The molecule has 1 aliphatic rings. The van der Waals surface area contributed by atoms with Crippen LogP contribution in [0.4, 0.5) is 27.6 Å². The number of pyridine rings is 2. The number of methoxy groups -OCH3 is 1. The van der Waals surface area contributed by atoms with Crippen molar-refractivity contribution in [1.82, 2.24) is 29.7 Å². The van der Waals surface area contributed by atoms with E-state index in [2.05, 4.69) is 25.0 Å². The summed E-state index contributed by atoms with van der Waals surface area (Å²) in [5, 5.41) is 3.96. The van der Waals surface area contributed by atoms with Crippen LogP contribution in [0.3, 0.4) is 0 Å². The lowest BCUT2D eigenvalue weighted by molar-refractivity contribution is -0.141. The first-order valence-electron chi connectivity index (χ1n) is 11.0. The minimum Gasteiger partial charge on any atom is -0.481 e. The van der Waals surface area contributed by atoms with Crippen LogP contribution in [0.2, 0.25) is 0 Å². The molecule has 1 fully saturated rings. The van der Waals surface area contributed by atoms with Crippen molar-refractivity contribution in [3.63, 3.8) is 0 Å². The summed E-state index contributed by atoms with van der Waals surface area (Å²) in [6.45, 7) is -2.47. The number of nitrogens with zero attached hydrogens (tertiary/aromatic N) is 5. The number of fused-ring (bicyclic) bond motifs is 1. The van der Waals surface area contributed by atoms with Gasteiger partial charge in [-0.15, -0.1) is 0 Å². The molecule has 11 nitrogen and oxygen atoms in total. The Labute approximate surface area is 208 Å². The normalized spacial score (nSPS) is 17.2. The Kier molecular flexibility index (Phi) is 6.03. The number of nitrogens with one attached hydrogen (secondary N) is 2. The van der Waals surface area contributed by atoms with E-state index in [9.17, 15) is 31.5 Å². The van der Waals surface area contributed by atoms with E-state index in [1.165, 1.54) is 36.5 Å². The second-order valence-electron chi connectivity index (χ2n) is 8.49. The van der Waals surface area contributed by atoms with Gasteiger partial charge in [-0.3, -0.25) is 14.5 Å². The average molecular weight is 539 g/mol. The van der Waals surface area contributed by atoms with Gasteiger partial charge >= 0.3 is 17.8 Å². The molecule has 38 heavy (non-hydrogen) atoms. The maximum Gasteiger partial charge on any atom is 0.408 e. The van der Waals surface area contributed by atoms with Crippen molar-refractivity contribution in [1.29, 1.82) is 0 Å². The van der Waals surface area contributed by atoms with Crippen LogP contribution in [0.5, 0.6) is 11.8 Å². The van der Waals surface area contributed by atoms with Gasteiger partial charge in [0.15, 0.2) is 6.10 Å². The largest absolute Gasteiger partial charge is 0.481 e. The van der Waals surface area contributed by atoms with E-state index < -0.39 is 42.5 Å². The summed E-state index contributed by atoms with van der Waals surface area (Å²) in [6.07, 6.45) is -2.72. The minimum atomic E-state index is -4.54. The number of rotatable bonds is 6. The maximum atomic E-state index is 15.0. The molecule has 0 aliphatic carbocycles. The quantitative estimate of drug-likeness (QED) is 0.357. The Hall–Kier alpha value is -4.50. The molecule has 0 aromatic carbocycles. The highest BCUT2D eigenvalue weighted by Crippen LogP contribution is 2.36. The van der Waals surface area contributed by atoms with E-state index in [0.717, 1.165) is 12.3 Å². The molecule has 0 amide bonds. The monoisotopic (exact) mass is 539 g/mol. The first kappa shape index (κ1) is 25.2. The topological polar surface area (TPSA) is 131 Å². The van der Waals surface area contributed by atoms with E-state index >= 15 is 0 Å². The van der Waals surface area contributed by atoms with Crippen LogP contribution < -0.4 is 25.6 Å². The zero-order valence-electron chi connectivity index (χ0n) is 19.4. The minimum absolute atomic E-state index is 0.0171. The third kappa shape index (κ3) is 5.01. The molecule has 1 saturated heterocycles. The van der Waals surface area contributed by atoms with Crippen LogP contribution in [0.25, 0.3) is 22.2 Å². The summed E-state index contributed by atoms with van der Waals surface area (Å²) in [5.74, 6) is -3.64. The van der Waals surface area contributed by atoms with Crippen molar-refractivity contribution in [2.24, 2.45) is 0 Å². The summed E-state index contributed by atoms with van der Waals surface area (Å²) >= 11 is 0. The van der Waals surface area contributed by atoms with Gasteiger partial charge in [0.25, 0.3) is 5.56 Å². The molecule has 5 heterocycles. The van der Waals surface area contributed by atoms with Gasteiger partial charge in [0.2, 0.25) is 11.8 Å². The number of aromatic nitrogens is 6. The van der Waals surface area contributed by atoms with Crippen LogP contribution in [0.1, 0.15) is 0 Å². The predicted molar refractivity (Wildman–Crippen MR) is 123 cm³/mol. The summed E-state index contributed by atoms with van der Waals surface area (Å²) in [7, 11) is 1.31. The van der Waals surface area contributed by atoms with Gasteiger partial charge in [-0.2, -0.15) is 18.3 Å². The Morgan fingerprint density at radius 3 is 2.66 bits per heavy atom. The molecule has 4 aromatic rings. The number of H-pyrrole nitrogens is 2. The fourth-order valence-electron chi connectivity index (χ4n) is 4.05. The number of hydrogen-bond acceptors (Lipinski definition) is 8. The van der Waals surface area contributed by atoms with Crippen LogP contribution in [-0.4, -0.2) is 68.1 Å². The van der Waals surface area contributed by atoms with Crippen molar-refractivity contribution in [3.8, 4) is 23.0 Å². The zero-order chi connectivity index (χ0) is 27.2. The number of hydrogen-bond donors (Lipinski definition) is 2. The lowest BCUT2D eigenvalue weighted by atomic mass is 10.2. The van der Waals surface area contributed by atoms with E-state index in [0.29, 0.717) is 4.68 Å². The molecule has 0 saturated carbocycles. The summed E-state index contributed by atoms with van der Waals surface area (Å²) in [6, 6.07) is 3.90. The Morgan fingerprint density at radius 2 is 1.95 bits per heavy atom. The van der Waals surface area contributed by atoms with Gasteiger partial charge in [-0.1, -0.05) is 0 Å². The van der Waals surface area contributed by atoms with Gasteiger partial charge in [0.1, 0.15) is 6.54 Å². The van der Waals surface area contributed by atoms with Crippen LogP contribution in [0.15, 0.2) is 46.4 Å². The van der Waals surface area contributed by atoms with Crippen LogP contribution in [-0.2, 0) is 6.54 Å². The molecule has 16 heteroatoms. The second-order valence-corrected chi connectivity index (χ2v) is 8.49. The maximum absolute atomic E-state index is 15.0. The number of anilines is 1. The Morgan fingerprint density at radius 1 is 1.16 bits per heavy atom. The van der Waals surface area contributed by atoms with Crippen LogP contribution >= 0.6 is 0 Å². The first-order valence-corrected chi connectivity index (χ1v) is 11.0. The molecule has 0 radical (unpaired) electrons. The summed E-state index contributed by atoms with van der Waals surface area (Å²) < 4.78 is 79.8. The number of halogens is 5. The highest BCUT2D eigenvalue weighted by atomic mass is 19.4. The zero-order valence-corrected chi connectivity index (χ0v) is 19.4. The lowest BCUT2D eigenvalue weighted by Gasteiger charge is -2.19. The number of aromatic amines is 2. The molecule has 1 atom stereocenters. The molecule has 0 bridgehead atoms. The molecule has 2 N–H and O–H groups in total. The highest BCUT2D eigenvalue weighted by Gasteiger charge is 2.50. The fourth-order valence-corrected chi connectivity index (χ4v) is 4.05. The molecular weight excluding hydrogens is 521 g/mol. The lowest BCUT2D eigenvalue weighted by Crippen LogP contribution is -2.36. The standard InChI is InChI=1S/C22H18F5N7O4/c1-37-18-3-12(2-14(31-18)13-7-29-20(36)32-19(13)35)33-8-16(21(23,24)9-33)38-17-4-15-11(5-28-17)6-30-34(15)10-22(25,26)27/h2-7,16H,8-10H2,1H3,(H2,29,32,35,36). The van der Waals surface area contributed by atoms with Crippen molar-refractivity contribution in [3.05, 3.63) is 57.6 Å². The van der Waals surface area contributed by atoms with E-state index in [1.54, 1.807) is 0 Å². The number of alkyl halides is 5. The summed E-state index contributed by atoms with van der Waals surface area (Å²) in [4.78, 5) is 37.3. The molecule has 4 aromatic heterocycles. The third-order valence-corrected chi connectivity index (χ3v) is 5.81. The van der Waals surface area contributed by atoms with Crippen molar-refractivity contribution in [2.45, 2.75) is 24.7 Å². The molecule has 200 valence electrons. The van der Waals surface area contributed by atoms with Crippen LogP contribution in [0, 0.1) is 0 Å². The fraction of sp³-hybridized carbons (Fsp3) is 0.318. The predicted octanol–water partition coefficient (Wildman–Crippen LogP) is 2.34. The van der Waals surface area contributed by atoms with Gasteiger partial charge in [-0.05, 0) is 6.07 Å². The van der Waals surface area contributed by atoms with Crippen molar-refractivity contribution >= 4 is 16.6 Å².